The molecule has 0 bridgehead atoms. The minimum Gasteiger partial charge on any atom is -0.392 e. The Morgan fingerprint density at radius 2 is 1.92 bits per heavy atom. The van der Waals surface area contributed by atoms with Crippen LogP contribution in [0.5, 0.6) is 0 Å². The summed E-state index contributed by atoms with van der Waals surface area (Å²) >= 11 is 4.09. The van der Waals surface area contributed by atoms with Crippen molar-refractivity contribution < 1.29 is 5.11 Å². The summed E-state index contributed by atoms with van der Waals surface area (Å²) in [5, 5.41) is 12.0. The molecule has 1 aromatic rings. The van der Waals surface area contributed by atoms with Gasteiger partial charge in [-0.1, -0.05) is 12.1 Å². The first-order chi connectivity index (χ1) is 5.86. The molecule has 0 saturated carbocycles. The van der Waals surface area contributed by atoms with Gasteiger partial charge in [0.25, 0.3) is 0 Å². The number of anilines is 1. The molecule has 0 aliphatic heterocycles. The van der Waals surface area contributed by atoms with Crippen molar-refractivity contribution in [3.8, 4) is 0 Å². The lowest BCUT2D eigenvalue weighted by atomic mass is 10.2. The Morgan fingerprint density at radius 1 is 1.25 bits per heavy atom. The monoisotopic (exact) mass is 183 g/mol. The normalized spacial score (nSPS) is 9.83. The molecule has 0 atom stereocenters. The SMILES string of the molecule is OCc1ccc(NCCS)cc1. The molecule has 2 nitrogen and oxygen atoms in total. The van der Waals surface area contributed by atoms with E-state index in [1.165, 1.54) is 0 Å². The smallest absolute Gasteiger partial charge is 0.0681 e. The maximum Gasteiger partial charge on any atom is 0.0681 e. The number of thiol groups is 1. The molecule has 12 heavy (non-hydrogen) atoms. The predicted molar refractivity (Wildman–Crippen MR) is 54.7 cm³/mol. The van der Waals surface area contributed by atoms with E-state index in [1.54, 1.807) is 0 Å². The highest BCUT2D eigenvalue weighted by atomic mass is 32.1. The summed E-state index contributed by atoms with van der Waals surface area (Å²) in [5.74, 6) is 0.821. The number of aliphatic hydroxyl groups is 1. The van der Waals surface area contributed by atoms with E-state index in [-0.39, 0.29) is 6.61 Å². The third kappa shape index (κ3) is 2.75. The lowest BCUT2D eigenvalue weighted by Gasteiger charge is -2.04. The summed E-state index contributed by atoms with van der Waals surface area (Å²) in [6, 6.07) is 7.71. The van der Waals surface area contributed by atoms with Gasteiger partial charge in [0.05, 0.1) is 6.61 Å². The summed E-state index contributed by atoms with van der Waals surface area (Å²) in [6.07, 6.45) is 0. The van der Waals surface area contributed by atoms with Crippen molar-refractivity contribution in [2.75, 3.05) is 17.6 Å². The van der Waals surface area contributed by atoms with Crippen LogP contribution in [0, 0.1) is 0 Å². The van der Waals surface area contributed by atoms with Crippen molar-refractivity contribution in [1.82, 2.24) is 0 Å². The summed E-state index contributed by atoms with van der Waals surface area (Å²) in [5.41, 5.74) is 2.01. The second-order valence-electron chi connectivity index (χ2n) is 2.51. The zero-order valence-electron chi connectivity index (χ0n) is 6.83. The molecule has 0 amide bonds. The Bertz CT molecular complexity index is 222. The minimum atomic E-state index is 0.104. The number of benzene rings is 1. The number of aliphatic hydroxyl groups excluding tert-OH is 1. The fourth-order valence-electron chi connectivity index (χ4n) is 0.928. The lowest BCUT2D eigenvalue weighted by molar-refractivity contribution is 0.282. The molecule has 0 radical (unpaired) electrons. The predicted octanol–water partition coefficient (Wildman–Crippen LogP) is 1.52. The first kappa shape index (κ1) is 9.42. The van der Waals surface area contributed by atoms with Crippen molar-refractivity contribution in [2.24, 2.45) is 0 Å². The van der Waals surface area contributed by atoms with E-state index in [0.717, 1.165) is 23.5 Å². The molecule has 0 spiro atoms. The van der Waals surface area contributed by atoms with E-state index in [4.69, 9.17) is 5.11 Å². The van der Waals surface area contributed by atoms with Gasteiger partial charge < -0.3 is 10.4 Å². The van der Waals surface area contributed by atoms with Gasteiger partial charge in [-0.15, -0.1) is 0 Å². The summed E-state index contributed by atoms with van der Waals surface area (Å²) < 4.78 is 0. The molecule has 0 heterocycles. The van der Waals surface area contributed by atoms with Gasteiger partial charge in [-0.25, -0.2) is 0 Å². The maximum absolute atomic E-state index is 8.77. The van der Waals surface area contributed by atoms with Crippen LogP contribution in [0.1, 0.15) is 5.56 Å². The molecule has 0 aliphatic carbocycles. The van der Waals surface area contributed by atoms with Gasteiger partial charge in [-0.05, 0) is 17.7 Å². The van der Waals surface area contributed by atoms with Crippen molar-refractivity contribution in [1.29, 1.82) is 0 Å². The van der Waals surface area contributed by atoms with E-state index in [0.29, 0.717) is 0 Å². The third-order valence-electron chi connectivity index (χ3n) is 1.58. The molecule has 0 unspecified atom stereocenters. The Hall–Kier alpha value is -0.670. The van der Waals surface area contributed by atoms with Crippen LogP contribution < -0.4 is 5.32 Å². The van der Waals surface area contributed by atoms with Gasteiger partial charge in [0.1, 0.15) is 0 Å². The Kier molecular flexibility index (Phi) is 3.97. The Morgan fingerprint density at radius 3 is 2.42 bits per heavy atom. The maximum atomic E-state index is 8.77. The highest BCUT2D eigenvalue weighted by Crippen LogP contribution is 2.08. The number of hydrogen-bond acceptors (Lipinski definition) is 3. The zero-order chi connectivity index (χ0) is 8.81. The molecule has 0 saturated heterocycles. The average Bonchev–Trinajstić information content (AvgIpc) is 2.15. The van der Waals surface area contributed by atoms with Gasteiger partial charge in [0, 0.05) is 18.0 Å². The van der Waals surface area contributed by atoms with E-state index >= 15 is 0 Å². The molecule has 3 heteroatoms. The van der Waals surface area contributed by atoms with Crippen molar-refractivity contribution in [2.45, 2.75) is 6.61 Å². The van der Waals surface area contributed by atoms with Crippen molar-refractivity contribution in [3.63, 3.8) is 0 Å². The second-order valence-corrected chi connectivity index (χ2v) is 2.95. The van der Waals surface area contributed by atoms with Crippen LogP contribution in [0.15, 0.2) is 24.3 Å². The van der Waals surface area contributed by atoms with Crippen LogP contribution in [-0.2, 0) is 6.61 Å². The van der Waals surface area contributed by atoms with E-state index in [9.17, 15) is 0 Å². The van der Waals surface area contributed by atoms with E-state index in [1.807, 2.05) is 24.3 Å². The number of rotatable bonds is 4. The van der Waals surface area contributed by atoms with E-state index < -0.39 is 0 Å². The fraction of sp³-hybridized carbons (Fsp3) is 0.333. The summed E-state index contributed by atoms with van der Waals surface area (Å²) in [7, 11) is 0. The fourth-order valence-corrected chi connectivity index (χ4v) is 1.04. The molecule has 66 valence electrons. The molecular weight excluding hydrogens is 170 g/mol. The van der Waals surface area contributed by atoms with Crippen LogP contribution in [0.25, 0.3) is 0 Å². The van der Waals surface area contributed by atoms with Crippen LogP contribution in [-0.4, -0.2) is 17.4 Å². The number of hydrogen-bond donors (Lipinski definition) is 3. The topological polar surface area (TPSA) is 32.3 Å². The zero-order valence-corrected chi connectivity index (χ0v) is 7.72. The van der Waals surface area contributed by atoms with Gasteiger partial charge in [-0.3, -0.25) is 0 Å². The highest BCUT2D eigenvalue weighted by Gasteiger charge is 1.91. The highest BCUT2D eigenvalue weighted by molar-refractivity contribution is 7.80. The van der Waals surface area contributed by atoms with Crippen molar-refractivity contribution in [3.05, 3.63) is 29.8 Å². The Balaban J connectivity index is 2.53. The molecule has 0 aromatic heterocycles. The van der Waals surface area contributed by atoms with Crippen LogP contribution in [0.3, 0.4) is 0 Å². The molecule has 1 rings (SSSR count). The van der Waals surface area contributed by atoms with Crippen molar-refractivity contribution >= 4 is 18.3 Å². The Labute approximate surface area is 78.0 Å². The second kappa shape index (κ2) is 5.06. The first-order valence-corrected chi connectivity index (χ1v) is 4.54. The van der Waals surface area contributed by atoms with Gasteiger partial charge in [0.2, 0.25) is 0 Å². The quantitative estimate of drug-likeness (QED) is 0.618. The molecule has 2 N–H and O–H groups in total. The average molecular weight is 183 g/mol. The molecule has 0 aliphatic rings. The van der Waals surface area contributed by atoms with Gasteiger partial charge in [-0.2, -0.15) is 12.6 Å². The standard InChI is InChI=1S/C9H13NOS/c11-7-8-1-3-9(4-2-8)10-5-6-12/h1-4,10-12H,5-7H2. The number of nitrogens with one attached hydrogen (secondary N) is 1. The summed E-state index contributed by atoms with van der Waals surface area (Å²) in [6.45, 7) is 0.967. The molecule has 1 aromatic carbocycles. The van der Waals surface area contributed by atoms with Crippen LogP contribution in [0.4, 0.5) is 5.69 Å². The molecular formula is C9H13NOS. The lowest BCUT2D eigenvalue weighted by Crippen LogP contribution is -2.01. The van der Waals surface area contributed by atoms with Crippen LogP contribution >= 0.6 is 12.6 Å². The molecule has 0 fully saturated rings. The van der Waals surface area contributed by atoms with Crippen LogP contribution in [0.2, 0.25) is 0 Å². The minimum absolute atomic E-state index is 0.104. The van der Waals surface area contributed by atoms with Gasteiger partial charge in [0.15, 0.2) is 0 Å². The summed E-state index contributed by atoms with van der Waals surface area (Å²) in [4.78, 5) is 0. The first-order valence-electron chi connectivity index (χ1n) is 3.91. The van der Waals surface area contributed by atoms with E-state index in [2.05, 4.69) is 17.9 Å². The van der Waals surface area contributed by atoms with Gasteiger partial charge >= 0.3 is 0 Å². The largest absolute Gasteiger partial charge is 0.392 e. The third-order valence-corrected chi connectivity index (χ3v) is 1.80.